The Hall–Kier alpha value is -2.21. The number of rotatable bonds is 7. The zero-order valence-electron chi connectivity index (χ0n) is 17.8. The van der Waals surface area contributed by atoms with E-state index in [4.69, 9.17) is 4.74 Å². The number of likely N-dealkylation sites (tertiary alicyclic amines) is 1. The molecule has 0 aromatic heterocycles. The molecule has 0 radical (unpaired) electrons. The van der Waals surface area contributed by atoms with Crippen LogP contribution < -0.4 is 5.32 Å². The predicted molar refractivity (Wildman–Crippen MR) is 119 cm³/mol. The summed E-state index contributed by atoms with van der Waals surface area (Å²) in [7, 11) is 0. The molecule has 5 nitrogen and oxygen atoms in total. The molecular weight excluding hydrogens is 374 g/mol. The Kier molecular flexibility index (Phi) is 7.51. The number of piperidine rings is 1. The maximum absolute atomic E-state index is 13.4. The van der Waals surface area contributed by atoms with E-state index in [1.54, 1.807) is 0 Å². The zero-order valence-corrected chi connectivity index (χ0v) is 17.8. The lowest BCUT2D eigenvalue weighted by Gasteiger charge is -2.31. The van der Waals surface area contributed by atoms with Gasteiger partial charge in [0.15, 0.2) is 0 Å². The van der Waals surface area contributed by atoms with Crippen LogP contribution in [0.25, 0.3) is 0 Å². The van der Waals surface area contributed by atoms with Gasteiger partial charge in [-0.2, -0.15) is 0 Å². The molecule has 2 aromatic rings. The first-order valence-corrected chi connectivity index (χ1v) is 11.3. The van der Waals surface area contributed by atoms with Gasteiger partial charge in [0.1, 0.15) is 6.04 Å². The minimum absolute atomic E-state index is 0.201. The van der Waals surface area contributed by atoms with Crippen molar-refractivity contribution in [2.24, 2.45) is 0 Å². The Morgan fingerprint density at radius 1 is 0.867 bits per heavy atom. The van der Waals surface area contributed by atoms with Crippen molar-refractivity contribution in [2.75, 3.05) is 39.4 Å². The molecule has 4 rings (SSSR count). The maximum atomic E-state index is 13.4. The minimum atomic E-state index is -0.305. The molecule has 0 unspecified atom stereocenters. The largest absolute Gasteiger partial charge is 0.379 e. The average Bonchev–Trinajstić information content (AvgIpc) is 2.82. The molecule has 2 aromatic carbocycles. The van der Waals surface area contributed by atoms with Gasteiger partial charge in [-0.1, -0.05) is 54.6 Å². The van der Waals surface area contributed by atoms with E-state index in [0.29, 0.717) is 6.54 Å². The number of carbonyl (C=O) groups excluding carboxylic acids is 1. The smallest absolute Gasteiger partial charge is 0.244 e. The lowest BCUT2D eigenvalue weighted by atomic mass is 10.0. The fourth-order valence-corrected chi connectivity index (χ4v) is 4.39. The highest BCUT2D eigenvalue weighted by atomic mass is 16.5. The van der Waals surface area contributed by atoms with Crippen molar-refractivity contribution in [2.45, 2.75) is 38.4 Å². The molecule has 2 heterocycles. The monoisotopic (exact) mass is 407 g/mol. The summed E-state index contributed by atoms with van der Waals surface area (Å²) in [5.74, 6) is 0.201. The molecule has 1 amide bonds. The van der Waals surface area contributed by atoms with Crippen LogP contribution in [0, 0.1) is 0 Å². The zero-order chi connectivity index (χ0) is 20.6. The number of nitrogens with one attached hydrogen (secondary N) is 1. The Balaban J connectivity index is 1.48. The molecule has 160 valence electrons. The van der Waals surface area contributed by atoms with Crippen LogP contribution in [0.3, 0.4) is 0 Å². The van der Waals surface area contributed by atoms with Crippen LogP contribution in [0.5, 0.6) is 0 Å². The van der Waals surface area contributed by atoms with Crippen molar-refractivity contribution in [3.05, 3.63) is 71.3 Å². The van der Waals surface area contributed by atoms with Gasteiger partial charge in [0, 0.05) is 39.3 Å². The van der Waals surface area contributed by atoms with Crippen LogP contribution in [-0.2, 0) is 22.6 Å². The Labute approximate surface area is 180 Å². The van der Waals surface area contributed by atoms with Gasteiger partial charge in [-0.25, -0.2) is 0 Å². The standard InChI is InChI=1S/C25H33N3O2/c29-25(28-13-7-2-8-14-28)24(21-9-3-1-4-10-21)26-19-22-11-5-6-12-23(22)20-27-15-17-30-18-16-27/h1,3-6,9-12,24,26H,2,7-8,13-20H2/t24-/m0/s1. The van der Waals surface area contributed by atoms with Crippen molar-refractivity contribution < 1.29 is 9.53 Å². The molecule has 1 N–H and O–H groups in total. The van der Waals surface area contributed by atoms with Gasteiger partial charge in [-0.15, -0.1) is 0 Å². The number of amides is 1. The first-order chi connectivity index (χ1) is 14.8. The van der Waals surface area contributed by atoms with Crippen LogP contribution in [0.2, 0.25) is 0 Å². The molecule has 0 spiro atoms. The number of hydrogen-bond acceptors (Lipinski definition) is 4. The van der Waals surface area contributed by atoms with E-state index in [1.165, 1.54) is 17.5 Å². The summed E-state index contributed by atoms with van der Waals surface area (Å²) in [4.78, 5) is 17.8. The third-order valence-electron chi connectivity index (χ3n) is 6.16. The second-order valence-corrected chi connectivity index (χ2v) is 8.27. The van der Waals surface area contributed by atoms with Gasteiger partial charge in [-0.3, -0.25) is 15.0 Å². The van der Waals surface area contributed by atoms with E-state index in [1.807, 2.05) is 23.1 Å². The number of morpholine rings is 1. The normalized spacial score (nSPS) is 18.9. The third kappa shape index (κ3) is 5.48. The van der Waals surface area contributed by atoms with E-state index < -0.39 is 0 Å². The number of benzene rings is 2. The Morgan fingerprint density at radius 2 is 1.53 bits per heavy atom. The maximum Gasteiger partial charge on any atom is 0.244 e. The SMILES string of the molecule is O=C([C@@H](NCc1ccccc1CN1CCOCC1)c1ccccc1)N1CCCCC1. The summed E-state index contributed by atoms with van der Waals surface area (Å²) in [6.45, 7) is 6.91. The summed E-state index contributed by atoms with van der Waals surface area (Å²) < 4.78 is 5.48. The highest BCUT2D eigenvalue weighted by molar-refractivity contribution is 5.83. The highest BCUT2D eigenvalue weighted by Crippen LogP contribution is 2.21. The summed E-state index contributed by atoms with van der Waals surface area (Å²) in [6.07, 6.45) is 3.44. The van der Waals surface area contributed by atoms with Gasteiger partial charge >= 0.3 is 0 Å². The topological polar surface area (TPSA) is 44.8 Å². The summed E-state index contributed by atoms with van der Waals surface area (Å²) >= 11 is 0. The van der Waals surface area contributed by atoms with Gasteiger partial charge < -0.3 is 9.64 Å². The fraction of sp³-hybridized carbons (Fsp3) is 0.480. The summed E-state index contributed by atoms with van der Waals surface area (Å²) in [6, 6.07) is 18.4. The van der Waals surface area contributed by atoms with E-state index in [0.717, 1.165) is 64.3 Å². The number of carbonyl (C=O) groups is 1. The lowest BCUT2D eigenvalue weighted by molar-refractivity contribution is -0.134. The molecule has 2 aliphatic rings. The molecule has 2 saturated heterocycles. The first-order valence-electron chi connectivity index (χ1n) is 11.3. The molecule has 0 bridgehead atoms. The van der Waals surface area contributed by atoms with E-state index >= 15 is 0 Å². The van der Waals surface area contributed by atoms with Crippen molar-refractivity contribution in [3.8, 4) is 0 Å². The molecule has 2 fully saturated rings. The van der Waals surface area contributed by atoms with Crippen LogP contribution >= 0.6 is 0 Å². The molecule has 0 aliphatic carbocycles. The van der Waals surface area contributed by atoms with Crippen LogP contribution in [-0.4, -0.2) is 55.1 Å². The number of nitrogens with zero attached hydrogens (tertiary/aromatic N) is 2. The summed E-state index contributed by atoms with van der Waals surface area (Å²) in [5.41, 5.74) is 3.62. The molecule has 5 heteroatoms. The number of hydrogen-bond donors (Lipinski definition) is 1. The van der Waals surface area contributed by atoms with Gasteiger partial charge in [0.25, 0.3) is 0 Å². The van der Waals surface area contributed by atoms with Crippen molar-refractivity contribution in [1.29, 1.82) is 0 Å². The van der Waals surface area contributed by atoms with Crippen LogP contribution in [0.1, 0.15) is 42.0 Å². The first kappa shape index (κ1) is 21.0. The third-order valence-corrected chi connectivity index (χ3v) is 6.16. The van der Waals surface area contributed by atoms with Crippen LogP contribution in [0.4, 0.5) is 0 Å². The quantitative estimate of drug-likeness (QED) is 0.764. The Morgan fingerprint density at radius 3 is 2.27 bits per heavy atom. The Bertz CT molecular complexity index is 799. The van der Waals surface area contributed by atoms with E-state index in [-0.39, 0.29) is 11.9 Å². The molecule has 30 heavy (non-hydrogen) atoms. The predicted octanol–water partition coefficient (Wildman–Crippen LogP) is 3.36. The van der Waals surface area contributed by atoms with Crippen molar-refractivity contribution in [1.82, 2.24) is 15.1 Å². The molecular formula is C25H33N3O2. The fourth-order valence-electron chi connectivity index (χ4n) is 4.39. The van der Waals surface area contributed by atoms with Crippen LogP contribution in [0.15, 0.2) is 54.6 Å². The molecule has 2 aliphatic heterocycles. The summed E-state index contributed by atoms with van der Waals surface area (Å²) in [5, 5.41) is 3.59. The number of ether oxygens (including phenoxy) is 1. The van der Waals surface area contributed by atoms with Gasteiger partial charge in [-0.05, 0) is 36.0 Å². The second kappa shape index (κ2) is 10.7. The molecule has 1 atom stereocenters. The van der Waals surface area contributed by atoms with Gasteiger partial charge in [0.2, 0.25) is 5.91 Å². The van der Waals surface area contributed by atoms with Crippen molar-refractivity contribution in [3.63, 3.8) is 0 Å². The average molecular weight is 408 g/mol. The van der Waals surface area contributed by atoms with Gasteiger partial charge in [0.05, 0.1) is 13.2 Å². The minimum Gasteiger partial charge on any atom is -0.379 e. The highest BCUT2D eigenvalue weighted by Gasteiger charge is 2.26. The van der Waals surface area contributed by atoms with Crippen molar-refractivity contribution >= 4 is 5.91 Å². The molecule has 0 saturated carbocycles. The lowest BCUT2D eigenvalue weighted by Crippen LogP contribution is -2.43. The van der Waals surface area contributed by atoms with E-state index in [9.17, 15) is 4.79 Å². The van der Waals surface area contributed by atoms with E-state index in [2.05, 4.69) is 46.6 Å². The second-order valence-electron chi connectivity index (χ2n) is 8.27.